The number of rotatable bonds is 9. The molecule has 3 aromatic carbocycles. The molecule has 2 fully saturated rings. The number of piperidine rings is 1. The van der Waals surface area contributed by atoms with Crippen LogP contribution in [0.2, 0.25) is 0 Å². The first-order valence-corrected chi connectivity index (χ1v) is 14.5. The fourth-order valence-corrected chi connectivity index (χ4v) is 5.31. The topological polar surface area (TPSA) is 85.4 Å². The number of carbonyl (C=O) groups excluding carboxylic acids is 3. The average molecular weight is 569 g/mol. The molecule has 42 heavy (non-hydrogen) atoms. The van der Waals surface area contributed by atoms with Gasteiger partial charge in [-0.1, -0.05) is 60.7 Å². The van der Waals surface area contributed by atoms with Crippen molar-refractivity contribution in [3.05, 3.63) is 96.4 Å². The average Bonchev–Trinajstić information content (AvgIpc) is 3.02. The van der Waals surface area contributed by atoms with Gasteiger partial charge >= 0.3 is 6.09 Å². The molecule has 2 aliphatic heterocycles. The minimum absolute atomic E-state index is 0.0355. The Morgan fingerprint density at radius 3 is 2.36 bits per heavy atom. The van der Waals surface area contributed by atoms with Crippen molar-refractivity contribution in [3.8, 4) is 11.1 Å². The second-order valence-electron chi connectivity index (χ2n) is 10.6. The van der Waals surface area contributed by atoms with Crippen molar-refractivity contribution in [1.82, 2.24) is 20.1 Å². The van der Waals surface area contributed by atoms with Gasteiger partial charge in [0, 0.05) is 50.9 Å². The Hall–Kier alpha value is -4.21. The summed E-state index contributed by atoms with van der Waals surface area (Å²) in [4.78, 5) is 41.9. The zero-order valence-corrected chi connectivity index (χ0v) is 24.1. The van der Waals surface area contributed by atoms with Crippen LogP contribution in [0.4, 0.5) is 10.5 Å². The van der Waals surface area contributed by atoms with E-state index in [-0.39, 0.29) is 25.0 Å². The van der Waals surface area contributed by atoms with Crippen LogP contribution in [-0.2, 0) is 16.1 Å². The molecule has 0 bridgehead atoms. The summed E-state index contributed by atoms with van der Waals surface area (Å²) < 4.78 is 5.77. The van der Waals surface area contributed by atoms with Gasteiger partial charge in [0.15, 0.2) is 0 Å². The molecule has 0 aliphatic carbocycles. The highest BCUT2D eigenvalue weighted by Gasteiger charge is 2.28. The van der Waals surface area contributed by atoms with Crippen LogP contribution in [0.3, 0.4) is 0 Å². The van der Waals surface area contributed by atoms with Gasteiger partial charge in [0.25, 0.3) is 5.91 Å². The molecule has 0 spiro atoms. The summed E-state index contributed by atoms with van der Waals surface area (Å²) in [5.74, 6) is -0.110. The lowest BCUT2D eigenvalue weighted by Crippen LogP contribution is -2.50. The Balaban J connectivity index is 1.20. The molecule has 0 saturated carbocycles. The Kier molecular flexibility index (Phi) is 9.84. The lowest BCUT2D eigenvalue weighted by Gasteiger charge is -2.37. The number of carbonyl (C=O) groups is 3. The van der Waals surface area contributed by atoms with Crippen molar-refractivity contribution in [2.75, 3.05) is 57.9 Å². The number of hydrogen-bond donors (Lipinski definition) is 1. The van der Waals surface area contributed by atoms with E-state index in [1.54, 1.807) is 29.1 Å². The normalized spacial score (nSPS) is 16.0. The van der Waals surface area contributed by atoms with Crippen LogP contribution in [0.5, 0.6) is 0 Å². The van der Waals surface area contributed by atoms with Gasteiger partial charge in [-0.2, -0.15) is 0 Å². The number of likely N-dealkylation sites (N-methyl/N-ethyl adjacent to an activating group) is 1. The number of para-hydroxylation sites is 1. The van der Waals surface area contributed by atoms with Crippen LogP contribution in [0.25, 0.3) is 11.1 Å². The maximum absolute atomic E-state index is 13.6. The van der Waals surface area contributed by atoms with Gasteiger partial charge in [-0.3, -0.25) is 14.5 Å². The summed E-state index contributed by atoms with van der Waals surface area (Å²) in [6.07, 6.45) is 3.56. The first-order chi connectivity index (χ1) is 20.5. The Morgan fingerprint density at radius 2 is 1.62 bits per heavy atom. The van der Waals surface area contributed by atoms with E-state index in [1.807, 2.05) is 71.7 Å². The standard InChI is InChI=1S/C33H38N5O4/c1-35(32(40)28-16-14-26(15-17-28)24-36-21-18-34-31(39)25-36)22-23-42-33(41)38(37-19-8-3-9-20-37)30-13-7-6-12-29(30)27-10-4-2-5-11-27/h2-7,10-17H,8-9,18-25H2,1H3,(H,34,39). The molecule has 0 atom stereocenters. The minimum atomic E-state index is -0.461. The molecule has 9 heteroatoms. The SMILES string of the molecule is CN(CCOC(=O)N(c1ccccc1-c1ccccc1)N1CC[CH]CC1)C(=O)c1ccc(CN2CCNC(=O)C2)cc1. The predicted molar refractivity (Wildman–Crippen MR) is 163 cm³/mol. The molecule has 3 aromatic rings. The van der Waals surface area contributed by atoms with Crippen molar-refractivity contribution in [1.29, 1.82) is 0 Å². The molecule has 1 N–H and O–H groups in total. The van der Waals surface area contributed by atoms with Gasteiger partial charge < -0.3 is 15.0 Å². The monoisotopic (exact) mass is 568 g/mol. The molecule has 2 heterocycles. The summed E-state index contributed by atoms with van der Waals surface area (Å²) in [5, 5.41) is 6.52. The summed E-state index contributed by atoms with van der Waals surface area (Å²) in [5.41, 5.74) is 4.34. The molecule has 5 rings (SSSR count). The lowest BCUT2D eigenvalue weighted by molar-refractivity contribution is -0.124. The quantitative estimate of drug-likeness (QED) is 0.416. The van der Waals surface area contributed by atoms with Crippen LogP contribution >= 0.6 is 0 Å². The summed E-state index contributed by atoms with van der Waals surface area (Å²) in [6.45, 7) is 4.27. The molecule has 2 aliphatic rings. The van der Waals surface area contributed by atoms with Gasteiger partial charge in [0.05, 0.1) is 18.8 Å². The van der Waals surface area contributed by atoms with Crippen molar-refractivity contribution in [2.45, 2.75) is 19.4 Å². The second-order valence-corrected chi connectivity index (χ2v) is 10.6. The third-order valence-electron chi connectivity index (χ3n) is 7.58. The third kappa shape index (κ3) is 7.35. The first kappa shape index (κ1) is 29.3. The number of nitrogens with one attached hydrogen (secondary N) is 1. The maximum Gasteiger partial charge on any atom is 0.429 e. The number of hydrogen-bond acceptors (Lipinski definition) is 6. The number of ether oxygens (including phenoxy) is 1. The minimum Gasteiger partial charge on any atom is -0.446 e. The molecule has 219 valence electrons. The van der Waals surface area contributed by atoms with Crippen LogP contribution < -0.4 is 10.3 Å². The van der Waals surface area contributed by atoms with Crippen LogP contribution in [0.1, 0.15) is 28.8 Å². The van der Waals surface area contributed by atoms with Crippen molar-refractivity contribution >= 4 is 23.6 Å². The fourth-order valence-electron chi connectivity index (χ4n) is 5.31. The number of hydrazine groups is 1. The number of nitrogens with zero attached hydrogens (tertiary/aromatic N) is 4. The van der Waals surface area contributed by atoms with E-state index in [0.29, 0.717) is 25.2 Å². The number of anilines is 1. The summed E-state index contributed by atoms with van der Waals surface area (Å²) >= 11 is 0. The van der Waals surface area contributed by atoms with E-state index in [2.05, 4.69) is 16.6 Å². The van der Waals surface area contributed by atoms with Crippen molar-refractivity contribution < 1.29 is 19.1 Å². The maximum atomic E-state index is 13.6. The fraction of sp³-hybridized carbons (Fsp3) is 0.333. The summed E-state index contributed by atoms with van der Waals surface area (Å²) in [6, 6.07) is 25.3. The Bertz CT molecular complexity index is 1360. The Labute approximate surface area is 247 Å². The number of amides is 3. The Morgan fingerprint density at radius 1 is 0.905 bits per heavy atom. The van der Waals surface area contributed by atoms with Gasteiger partial charge in [0.2, 0.25) is 5.91 Å². The second kappa shape index (κ2) is 14.1. The predicted octanol–water partition coefficient (Wildman–Crippen LogP) is 4.22. The first-order valence-electron chi connectivity index (χ1n) is 14.5. The van der Waals surface area contributed by atoms with E-state index < -0.39 is 6.09 Å². The van der Waals surface area contributed by atoms with Gasteiger partial charge in [0.1, 0.15) is 6.61 Å². The van der Waals surface area contributed by atoms with Gasteiger partial charge in [-0.25, -0.2) is 14.8 Å². The van der Waals surface area contributed by atoms with E-state index in [1.165, 1.54) is 0 Å². The lowest BCUT2D eigenvalue weighted by atomic mass is 10.0. The van der Waals surface area contributed by atoms with E-state index >= 15 is 0 Å². The third-order valence-corrected chi connectivity index (χ3v) is 7.58. The van der Waals surface area contributed by atoms with E-state index in [0.717, 1.165) is 54.9 Å². The van der Waals surface area contributed by atoms with Crippen LogP contribution in [0.15, 0.2) is 78.9 Å². The number of piperazine rings is 1. The molecule has 1 radical (unpaired) electrons. The summed E-state index contributed by atoms with van der Waals surface area (Å²) in [7, 11) is 1.71. The van der Waals surface area contributed by atoms with Crippen molar-refractivity contribution in [3.63, 3.8) is 0 Å². The number of benzene rings is 3. The molecular formula is C33H38N5O4. The van der Waals surface area contributed by atoms with E-state index in [4.69, 9.17) is 4.74 Å². The van der Waals surface area contributed by atoms with E-state index in [9.17, 15) is 14.4 Å². The molecular weight excluding hydrogens is 530 g/mol. The molecule has 2 saturated heterocycles. The molecule has 0 aromatic heterocycles. The molecule has 3 amide bonds. The zero-order chi connectivity index (χ0) is 29.3. The zero-order valence-electron chi connectivity index (χ0n) is 24.1. The van der Waals surface area contributed by atoms with Gasteiger partial charge in [-0.05, 0) is 48.6 Å². The van der Waals surface area contributed by atoms with Crippen molar-refractivity contribution in [2.24, 2.45) is 0 Å². The molecule has 0 unspecified atom stereocenters. The van der Waals surface area contributed by atoms with Crippen LogP contribution in [-0.4, -0.2) is 85.6 Å². The largest absolute Gasteiger partial charge is 0.446 e. The van der Waals surface area contributed by atoms with Crippen LogP contribution in [0, 0.1) is 6.42 Å². The highest BCUT2D eigenvalue weighted by Crippen LogP contribution is 2.33. The van der Waals surface area contributed by atoms with Gasteiger partial charge in [-0.15, -0.1) is 0 Å². The highest BCUT2D eigenvalue weighted by molar-refractivity contribution is 5.94. The highest BCUT2D eigenvalue weighted by atomic mass is 16.6. The smallest absolute Gasteiger partial charge is 0.429 e. The molecule has 9 nitrogen and oxygen atoms in total.